The Morgan fingerprint density at radius 2 is 1.83 bits per heavy atom. The Balaban J connectivity index is 1.60. The van der Waals surface area contributed by atoms with E-state index in [9.17, 15) is 19.7 Å². The number of aromatic nitrogens is 1. The molecule has 2 amide bonds. The summed E-state index contributed by atoms with van der Waals surface area (Å²) in [5, 5.41) is 10.7. The number of hydrogen-bond donors (Lipinski definition) is 0. The zero-order chi connectivity index (χ0) is 21.3. The van der Waals surface area contributed by atoms with E-state index in [-0.39, 0.29) is 23.4 Å². The SMILES string of the molecule is O=C1S/C(=C\c2cccn2-c2cccc([N+](=O)[O-])c2)C(=O)N1Cc1ccc(Br)cc1. The fourth-order valence-electron chi connectivity index (χ4n) is 3.05. The lowest BCUT2D eigenvalue weighted by molar-refractivity contribution is -0.384. The quantitative estimate of drug-likeness (QED) is 0.276. The molecule has 1 fully saturated rings. The number of non-ortho nitro benzene ring substituents is 1. The van der Waals surface area contributed by atoms with Crippen molar-refractivity contribution < 1.29 is 14.5 Å². The van der Waals surface area contributed by atoms with Crippen LogP contribution in [0.5, 0.6) is 0 Å². The van der Waals surface area contributed by atoms with Crippen molar-refractivity contribution in [2.75, 3.05) is 0 Å². The molecule has 3 aromatic rings. The number of benzene rings is 2. The molecule has 2 heterocycles. The van der Waals surface area contributed by atoms with Crippen molar-refractivity contribution in [1.29, 1.82) is 0 Å². The normalized spacial score (nSPS) is 15.2. The fourth-order valence-corrected chi connectivity index (χ4v) is 4.13. The number of thioether (sulfide) groups is 1. The van der Waals surface area contributed by atoms with Crippen LogP contribution in [0.4, 0.5) is 10.5 Å². The van der Waals surface area contributed by atoms with Crippen LogP contribution in [-0.2, 0) is 11.3 Å². The van der Waals surface area contributed by atoms with Crippen molar-refractivity contribution in [1.82, 2.24) is 9.47 Å². The van der Waals surface area contributed by atoms with Crippen LogP contribution >= 0.6 is 27.7 Å². The highest BCUT2D eigenvalue weighted by molar-refractivity contribution is 9.10. The lowest BCUT2D eigenvalue weighted by atomic mass is 10.2. The first-order valence-electron chi connectivity index (χ1n) is 8.84. The second-order valence-electron chi connectivity index (χ2n) is 6.47. The molecule has 2 aromatic carbocycles. The number of rotatable bonds is 5. The number of nitro benzene ring substituents is 1. The number of nitrogens with zero attached hydrogens (tertiary/aromatic N) is 3. The summed E-state index contributed by atoms with van der Waals surface area (Å²) in [6, 6.07) is 17.2. The highest BCUT2D eigenvalue weighted by atomic mass is 79.9. The van der Waals surface area contributed by atoms with Gasteiger partial charge in [-0.2, -0.15) is 0 Å². The van der Waals surface area contributed by atoms with Gasteiger partial charge in [-0.3, -0.25) is 24.6 Å². The number of nitro groups is 1. The maximum absolute atomic E-state index is 12.8. The van der Waals surface area contributed by atoms with Crippen LogP contribution in [0.2, 0.25) is 0 Å². The second kappa shape index (κ2) is 8.29. The van der Waals surface area contributed by atoms with E-state index in [0.717, 1.165) is 21.8 Å². The van der Waals surface area contributed by atoms with Crippen molar-refractivity contribution in [3.05, 3.63) is 97.6 Å². The van der Waals surface area contributed by atoms with Gasteiger partial charge in [0.15, 0.2) is 0 Å². The molecule has 1 aliphatic rings. The molecule has 1 saturated heterocycles. The van der Waals surface area contributed by atoms with Crippen molar-refractivity contribution >= 4 is 50.6 Å². The average molecular weight is 484 g/mol. The van der Waals surface area contributed by atoms with E-state index in [1.165, 1.54) is 17.0 Å². The first-order valence-corrected chi connectivity index (χ1v) is 10.5. The van der Waals surface area contributed by atoms with Crippen molar-refractivity contribution in [3.8, 4) is 5.69 Å². The van der Waals surface area contributed by atoms with Gasteiger partial charge < -0.3 is 4.57 Å². The van der Waals surface area contributed by atoms with E-state index in [2.05, 4.69) is 15.9 Å². The lowest BCUT2D eigenvalue weighted by Gasteiger charge is -2.12. The first kappa shape index (κ1) is 20.1. The van der Waals surface area contributed by atoms with E-state index in [0.29, 0.717) is 16.3 Å². The molecule has 7 nitrogen and oxygen atoms in total. The van der Waals surface area contributed by atoms with Crippen molar-refractivity contribution in [3.63, 3.8) is 0 Å². The van der Waals surface area contributed by atoms with Gasteiger partial charge in [-0.25, -0.2) is 0 Å². The Hall–Kier alpha value is -3.17. The third-order valence-corrected chi connectivity index (χ3v) is 5.94. The van der Waals surface area contributed by atoms with E-state index in [4.69, 9.17) is 0 Å². The molecule has 0 N–H and O–H groups in total. The number of carbonyl (C=O) groups is 2. The molecular weight excluding hydrogens is 470 g/mol. The van der Waals surface area contributed by atoms with E-state index >= 15 is 0 Å². The molecule has 1 aromatic heterocycles. The zero-order valence-electron chi connectivity index (χ0n) is 15.4. The van der Waals surface area contributed by atoms with E-state index in [1.807, 2.05) is 24.3 Å². The number of carbonyl (C=O) groups excluding carboxylic acids is 2. The van der Waals surface area contributed by atoms with Gasteiger partial charge in [0.25, 0.3) is 16.8 Å². The third-order valence-electron chi connectivity index (χ3n) is 4.51. The molecule has 30 heavy (non-hydrogen) atoms. The second-order valence-corrected chi connectivity index (χ2v) is 8.38. The summed E-state index contributed by atoms with van der Waals surface area (Å²) in [4.78, 5) is 37.3. The van der Waals surface area contributed by atoms with Gasteiger partial charge in [0.05, 0.1) is 22.1 Å². The molecule has 0 saturated carbocycles. The summed E-state index contributed by atoms with van der Waals surface area (Å²) in [6.07, 6.45) is 3.38. The molecule has 9 heteroatoms. The molecule has 0 bridgehead atoms. The highest BCUT2D eigenvalue weighted by Gasteiger charge is 2.35. The molecule has 4 rings (SSSR count). The Kier molecular flexibility index (Phi) is 5.56. The predicted octanol–water partition coefficient (Wildman–Crippen LogP) is 5.38. The number of imide groups is 1. The summed E-state index contributed by atoms with van der Waals surface area (Å²) in [7, 11) is 0. The van der Waals surface area contributed by atoms with Crippen LogP contribution in [-0.4, -0.2) is 25.5 Å². The van der Waals surface area contributed by atoms with Crippen LogP contribution in [0.3, 0.4) is 0 Å². The Morgan fingerprint density at radius 1 is 1.07 bits per heavy atom. The third kappa shape index (κ3) is 4.07. The van der Waals surface area contributed by atoms with Gasteiger partial charge in [0.2, 0.25) is 0 Å². The van der Waals surface area contributed by atoms with Gasteiger partial charge in [-0.05, 0) is 53.7 Å². The minimum absolute atomic E-state index is 0.0260. The maximum atomic E-state index is 12.8. The summed E-state index contributed by atoms with van der Waals surface area (Å²) < 4.78 is 2.65. The molecule has 150 valence electrons. The molecule has 1 aliphatic heterocycles. The van der Waals surface area contributed by atoms with E-state index < -0.39 is 4.92 Å². The van der Waals surface area contributed by atoms with Crippen LogP contribution in [0.25, 0.3) is 11.8 Å². The largest absolute Gasteiger partial charge is 0.317 e. The van der Waals surface area contributed by atoms with Gasteiger partial charge in [0, 0.05) is 28.5 Å². The topological polar surface area (TPSA) is 85.5 Å². The number of hydrogen-bond acceptors (Lipinski definition) is 5. The first-order chi connectivity index (χ1) is 14.4. The highest BCUT2D eigenvalue weighted by Crippen LogP contribution is 2.34. The average Bonchev–Trinajstić information content (AvgIpc) is 3.30. The van der Waals surface area contributed by atoms with Gasteiger partial charge in [0.1, 0.15) is 0 Å². The van der Waals surface area contributed by atoms with Crippen molar-refractivity contribution in [2.24, 2.45) is 0 Å². The van der Waals surface area contributed by atoms with E-state index in [1.54, 1.807) is 41.1 Å². The van der Waals surface area contributed by atoms with Crippen LogP contribution in [0.15, 0.2) is 76.2 Å². The zero-order valence-corrected chi connectivity index (χ0v) is 17.8. The summed E-state index contributed by atoms with van der Waals surface area (Å²) in [6.45, 7) is 0.196. The Bertz CT molecular complexity index is 1190. The van der Waals surface area contributed by atoms with Gasteiger partial charge in [-0.15, -0.1) is 0 Å². The number of amides is 2. The minimum atomic E-state index is -0.458. The summed E-state index contributed by atoms with van der Waals surface area (Å²) in [5.41, 5.74) is 2.06. The molecular formula is C21H14BrN3O4S. The van der Waals surface area contributed by atoms with Crippen LogP contribution in [0.1, 0.15) is 11.3 Å². The molecule has 0 aliphatic carbocycles. The van der Waals surface area contributed by atoms with Gasteiger partial charge >= 0.3 is 0 Å². The van der Waals surface area contributed by atoms with Crippen LogP contribution in [0, 0.1) is 10.1 Å². The monoisotopic (exact) mass is 483 g/mol. The Morgan fingerprint density at radius 3 is 2.57 bits per heavy atom. The number of halogens is 1. The Labute approximate surface area is 184 Å². The van der Waals surface area contributed by atoms with Gasteiger partial charge in [-0.1, -0.05) is 34.1 Å². The maximum Gasteiger partial charge on any atom is 0.293 e. The summed E-state index contributed by atoms with van der Waals surface area (Å²) >= 11 is 4.24. The smallest absolute Gasteiger partial charge is 0.293 e. The predicted molar refractivity (Wildman–Crippen MR) is 118 cm³/mol. The lowest BCUT2D eigenvalue weighted by Crippen LogP contribution is -2.27. The molecule has 0 unspecified atom stereocenters. The minimum Gasteiger partial charge on any atom is -0.317 e. The molecule has 0 radical (unpaired) electrons. The standard InChI is InChI=1S/C21H14BrN3O4S/c22-15-8-6-14(7-9-15)13-24-20(26)19(30-21(24)27)12-17-5-2-10-23(17)16-3-1-4-18(11-16)25(28)29/h1-12H,13H2/b19-12-. The molecule has 0 spiro atoms. The van der Waals surface area contributed by atoms with Crippen LogP contribution < -0.4 is 0 Å². The van der Waals surface area contributed by atoms with Crippen molar-refractivity contribution in [2.45, 2.75) is 6.54 Å². The summed E-state index contributed by atoms with van der Waals surface area (Å²) in [5.74, 6) is -0.361. The molecule has 0 atom stereocenters. The fraction of sp³-hybridized carbons (Fsp3) is 0.0476.